The van der Waals surface area contributed by atoms with Crippen molar-refractivity contribution in [1.29, 1.82) is 0 Å². The fourth-order valence-corrected chi connectivity index (χ4v) is 2.82. The standard InChI is InChI=1S/C20H18O4/c1-13-17-8-7-15(22-11-16-12-23-16)10-19(17)24-20(21)18(13)9-14-5-3-2-4-6-14/h2-8,10,16H,9,11-12H2,1H3/t16-/m1/s1. The second kappa shape index (κ2) is 6.13. The quantitative estimate of drug-likeness (QED) is 0.533. The van der Waals surface area contributed by atoms with Crippen molar-refractivity contribution >= 4 is 11.0 Å². The van der Waals surface area contributed by atoms with E-state index in [1.54, 1.807) is 6.07 Å². The molecule has 3 aromatic rings. The molecule has 122 valence electrons. The van der Waals surface area contributed by atoms with E-state index in [1.807, 2.05) is 49.4 Å². The minimum absolute atomic E-state index is 0.197. The molecule has 2 heterocycles. The molecule has 0 saturated carbocycles. The van der Waals surface area contributed by atoms with Crippen LogP contribution in [0.25, 0.3) is 11.0 Å². The van der Waals surface area contributed by atoms with Gasteiger partial charge in [0.25, 0.3) is 0 Å². The van der Waals surface area contributed by atoms with Gasteiger partial charge in [-0.1, -0.05) is 30.3 Å². The van der Waals surface area contributed by atoms with Crippen molar-refractivity contribution in [3.8, 4) is 5.75 Å². The summed E-state index contributed by atoms with van der Waals surface area (Å²) >= 11 is 0. The predicted octanol–water partition coefficient (Wildman–Crippen LogP) is 3.47. The molecule has 4 heteroatoms. The summed E-state index contributed by atoms with van der Waals surface area (Å²) in [4.78, 5) is 12.4. The molecule has 0 bridgehead atoms. The van der Waals surface area contributed by atoms with Crippen LogP contribution in [0.4, 0.5) is 0 Å². The van der Waals surface area contributed by atoms with Gasteiger partial charge < -0.3 is 13.9 Å². The zero-order valence-corrected chi connectivity index (χ0v) is 13.5. The number of hydrogen-bond donors (Lipinski definition) is 0. The van der Waals surface area contributed by atoms with Crippen molar-refractivity contribution in [1.82, 2.24) is 0 Å². The minimum Gasteiger partial charge on any atom is -0.491 e. The number of fused-ring (bicyclic) bond motifs is 1. The summed E-state index contributed by atoms with van der Waals surface area (Å²) < 4.78 is 16.3. The second-order valence-electron chi connectivity index (χ2n) is 6.08. The van der Waals surface area contributed by atoms with Gasteiger partial charge in [-0.3, -0.25) is 0 Å². The molecular formula is C20H18O4. The lowest BCUT2D eigenvalue weighted by Gasteiger charge is -2.10. The second-order valence-corrected chi connectivity index (χ2v) is 6.08. The van der Waals surface area contributed by atoms with Crippen LogP contribution in [0, 0.1) is 6.92 Å². The average molecular weight is 322 g/mol. The zero-order valence-electron chi connectivity index (χ0n) is 13.5. The minimum atomic E-state index is -0.286. The maximum absolute atomic E-state index is 12.4. The van der Waals surface area contributed by atoms with Gasteiger partial charge in [-0.25, -0.2) is 4.79 Å². The third-order valence-electron chi connectivity index (χ3n) is 4.32. The van der Waals surface area contributed by atoms with E-state index in [0.717, 1.165) is 23.1 Å². The molecule has 1 aliphatic heterocycles. The monoisotopic (exact) mass is 322 g/mol. The first-order valence-electron chi connectivity index (χ1n) is 8.05. The fourth-order valence-electron chi connectivity index (χ4n) is 2.82. The molecule has 1 atom stereocenters. The van der Waals surface area contributed by atoms with E-state index in [-0.39, 0.29) is 11.7 Å². The molecule has 0 aliphatic carbocycles. The van der Waals surface area contributed by atoms with Crippen molar-refractivity contribution in [3.63, 3.8) is 0 Å². The summed E-state index contributed by atoms with van der Waals surface area (Å²) in [6.07, 6.45) is 0.769. The number of epoxide rings is 1. The van der Waals surface area contributed by atoms with Gasteiger partial charge in [0.1, 0.15) is 24.0 Å². The first kappa shape index (κ1) is 15.0. The van der Waals surface area contributed by atoms with Crippen LogP contribution in [0.15, 0.2) is 57.7 Å². The van der Waals surface area contributed by atoms with Gasteiger partial charge >= 0.3 is 5.63 Å². The van der Waals surface area contributed by atoms with E-state index in [9.17, 15) is 4.79 Å². The molecule has 1 aromatic heterocycles. The van der Waals surface area contributed by atoms with Gasteiger partial charge in [-0.15, -0.1) is 0 Å². The highest BCUT2D eigenvalue weighted by Gasteiger charge is 2.23. The largest absolute Gasteiger partial charge is 0.491 e. The molecule has 24 heavy (non-hydrogen) atoms. The number of hydrogen-bond acceptors (Lipinski definition) is 4. The van der Waals surface area contributed by atoms with Gasteiger partial charge in [0.05, 0.1) is 6.61 Å². The van der Waals surface area contributed by atoms with E-state index in [4.69, 9.17) is 13.9 Å². The molecule has 4 rings (SSSR count). The van der Waals surface area contributed by atoms with Crippen LogP contribution in [-0.4, -0.2) is 19.3 Å². The molecule has 1 saturated heterocycles. The molecule has 1 fully saturated rings. The summed E-state index contributed by atoms with van der Waals surface area (Å²) in [6.45, 7) is 3.25. The Hall–Kier alpha value is -2.59. The molecular weight excluding hydrogens is 304 g/mol. The average Bonchev–Trinajstić information content (AvgIpc) is 3.42. The van der Waals surface area contributed by atoms with Crippen molar-refractivity contribution in [2.24, 2.45) is 0 Å². The third kappa shape index (κ3) is 3.05. The number of rotatable bonds is 5. The van der Waals surface area contributed by atoms with Crippen molar-refractivity contribution in [2.75, 3.05) is 13.2 Å². The summed E-state index contributed by atoms with van der Waals surface area (Å²) in [5.74, 6) is 0.691. The summed E-state index contributed by atoms with van der Waals surface area (Å²) in [5, 5.41) is 0.940. The van der Waals surface area contributed by atoms with Crippen molar-refractivity contribution in [2.45, 2.75) is 19.4 Å². The highest BCUT2D eigenvalue weighted by molar-refractivity contribution is 5.82. The summed E-state index contributed by atoms with van der Waals surface area (Å²) in [6, 6.07) is 15.6. The van der Waals surface area contributed by atoms with Crippen LogP contribution in [0.3, 0.4) is 0 Å². The van der Waals surface area contributed by atoms with Crippen LogP contribution >= 0.6 is 0 Å². The number of aryl methyl sites for hydroxylation is 1. The Kier molecular flexibility index (Phi) is 3.82. The van der Waals surface area contributed by atoms with Crippen LogP contribution in [0.2, 0.25) is 0 Å². The first-order chi connectivity index (χ1) is 11.7. The van der Waals surface area contributed by atoms with Crippen LogP contribution in [0.1, 0.15) is 16.7 Å². The molecule has 0 amide bonds. The molecule has 0 N–H and O–H groups in total. The molecule has 0 spiro atoms. The Morgan fingerprint density at radius 2 is 1.96 bits per heavy atom. The lowest BCUT2D eigenvalue weighted by Crippen LogP contribution is -2.11. The lowest BCUT2D eigenvalue weighted by atomic mass is 10.00. The Bertz CT molecular complexity index is 924. The van der Waals surface area contributed by atoms with Gasteiger partial charge in [0, 0.05) is 23.4 Å². The molecule has 0 radical (unpaired) electrons. The first-order valence-corrected chi connectivity index (χ1v) is 8.05. The summed E-state index contributed by atoms with van der Waals surface area (Å²) in [5.41, 5.74) is 3.03. The van der Waals surface area contributed by atoms with Gasteiger partial charge in [0.15, 0.2) is 0 Å². The molecule has 2 aromatic carbocycles. The maximum atomic E-state index is 12.4. The van der Waals surface area contributed by atoms with E-state index < -0.39 is 0 Å². The molecule has 0 unspecified atom stereocenters. The topological polar surface area (TPSA) is 52.0 Å². The summed E-state index contributed by atoms with van der Waals surface area (Å²) in [7, 11) is 0. The maximum Gasteiger partial charge on any atom is 0.340 e. The van der Waals surface area contributed by atoms with Crippen LogP contribution in [-0.2, 0) is 11.2 Å². The van der Waals surface area contributed by atoms with Crippen molar-refractivity contribution in [3.05, 3.63) is 75.6 Å². The Morgan fingerprint density at radius 1 is 1.17 bits per heavy atom. The Labute approximate surface area is 139 Å². The van der Waals surface area contributed by atoms with Gasteiger partial charge in [-0.05, 0) is 30.2 Å². The fraction of sp³-hybridized carbons (Fsp3) is 0.250. The highest BCUT2D eigenvalue weighted by atomic mass is 16.6. The Morgan fingerprint density at radius 3 is 2.71 bits per heavy atom. The van der Waals surface area contributed by atoms with Crippen LogP contribution in [0.5, 0.6) is 5.75 Å². The van der Waals surface area contributed by atoms with E-state index in [1.165, 1.54) is 0 Å². The van der Waals surface area contributed by atoms with Crippen molar-refractivity contribution < 1.29 is 13.9 Å². The van der Waals surface area contributed by atoms with Crippen LogP contribution < -0.4 is 10.4 Å². The highest BCUT2D eigenvalue weighted by Crippen LogP contribution is 2.25. The molecule has 1 aliphatic rings. The van der Waals surface area contributed by atoms with E-state index >= 15 is 0 Å². The number of benzene rings is 2. The zero-order chi connectivity index (χ0) is 16.5. The van der Waals surface area contributed by atoms with Gasteiger partial charge in [-0.2, -0.15) is 0 Å². The van der Waals surface area contributed by atoms with E-state index in [0.29, 0.717) is 29.9 Å². The molecule has 4 nitrogen and oxygen atoms in total. The van der Waals surface area contributed by atoms with E-state index in [2.05, 4.69) is 0 Å². The SMILES string of the molecule is Cc1c(Cc2ccccc2)c(=O)oc2cc(OC[C@@H]3CO3)ccc12. The van der Waals surface area contributed by atoms with Gasteiger partial charge in [0.2, 0.25) is 0 Å². The third-order valence-corrected chi connectivity index (χ3v) is 4.32. The Balaban J connectivity index is 1.68. The predicted molar refractivity (Wildman–Crippen MR) is 91.7 cm³/mol. The smallest absolute Gasteiger partial charge is 0.340 e. The lowest BCUT2D eigenvalue weighted by molar-refractivity contribution is 0.263. The number of ether oxygens (including phenoxy) is 2. The normalized spacial score (nSPS) is 16.3.